The number of hydrogen-bond acceptors (Lipinski definition) is 3. The number of hydrogen-bond donors (Lipinski definition) is 2. The molecular weight excluding hydrogens is 438 g/mol. The van der Waals surface area contributed by atoms with Gasteiger partial charge in [0, 0.05) is 11.3 Å². The minimum atomic E-state index is -4.04. The van der Waals surface area contributed by atoms with Crippen LogP contribution in [0.3, 0.4) is 0 Å². The number of carbonyl (C=O) groups is 1. The molecule has 29 heavy (non-hydrogen) atoms. The first kappa shape index (κ1) is 21.1. The van der Waals surface area contributed by atoms with Crippen molar-refractivity contribution in [2.75, 3.05) is 10.0 Å². The quantitative estimate of drug-likeness (QED) is 0.536. The Morgan fingerprint density at radius 2 is 1.69 bits per heavy atom. The van der Waals surface area contributed by atoms with Gasteiger partial charge in [-0.1, -0.05) is 41.4 Å². The highest BCUT2D eigenvalue weighted by Gasteiger charge is 2.21. The van der Waals surface area contributed by atoms with Crippen LogP contribution in [-0.2, 0) is 10.0 Å². The zero-order valence-corrected chi connectivity index (χ0v) is 17.4. The molecule has 0 saturated carbocycles. The lowest BCUT2D eigenvalue weighted by Crippen LogP contribution is -2.17. The van der Waals surface area contributed by atoms with Crippen molar-refractivity contribution in [1.29, 1.82) is 0 Å². The molecule has 0 heterocycles. The maximum absolute atomic E-state index is 13.3. The van der Waals surface area contributed by atoms with Crippen molar-refractivity contribution in [2.45, 2.75) is 11.8 Å². The van der Waals surface area contributed by atoms with Gasteiger partial charge in [-0.3, -0.25) is 9.52 Å². The predicted octanol–water partition coefficient (Wildman–Crippen LogP) is 5.49. The Kier molecular flexibility index (Phi) is 6.12. The van der Waals surface area contributed by atoms with Crippen molar-refractivity contribution in [3.05, 3.63) is 87.7 Å². The number of sulfonamides is 1. The van der Waals surface area contributed by atoms with Crippen LogP contribution >= 0.6 is 23.2 Å². The van der Waals surface area contributed by atoms with Gasteiger partial charge >= 0.3 is 0 Å². The van der Waals surface area contributed by atoms with Crippen LogP contribution in [0, 0.1) is 12.7 Å². The summed E-state index contributed by atoms with van der Waals surface area (Å²) in [6.07, 6.45) is 0. The Balaban J connectivity index is 1.89. The third-order valence-corrected chi connectivity index (χ3v) is 6.19. The molecule has 9 heteroatoms. The average molecular weight is 453 g/mol. The fourth-order valence-corrected chi connectivity index (χ4v) is 4.35. The van der Waals surface area contributed by atoms with E-state index in [1.54, 1.807) is 31.2 Å². The molecule has 0 fully saturated rings. The highest BCUT2D eigenvalue weighted by molar-refractivity contribution is 7.92. The molecule has 0 radical (unpaired) electrons. The summed E-state index contributed by atoms with van der Waals surface area (Å²) in [6.45, 7) is 1.76. The van der Waals surface area contributed by atoms with E-state index in [0.29, 0.717) is 5.69 Å². The van der Waals surface area contributed by atoms with Crippen LogP contribution in [0.15, 0.2) is 65.6 Å². The molecule has 1 amide bonds. The average Bonchev–Trinajstić information content (AvgIpc) is 2.66. The Labute approximate surface area is 177 Å². The Morgan fingerprint density at radius 1 is 0.966 bits per heavy atom. The van der Waals surface area contributed by atoms with Crippen LogP contribution in [0.25, 0.3) is 0 Å². The summed E-state index contributed by atoms with van der Waals surface area (Å²) in [6, 6.07) is 14.4. The van der Waals surface area contributed by atoms with E-state index in [2.05, 4.69) is 10.0 Å². The summed E-state index contributed by atoms with van der Waals surface area (Å²) in [5.41, 5.74) is 1.45. The Hall–Kier alpha value is -2.61. The molecule has 0 spiro atoms. The first-order chi connectivity index (χ1) is 13.7. The molecule has 0 atom stereocenters. The number of rotatable bonds is 5. The maximum Gasteiger partial charge on any atom is 0.263 e. The smallest absolute Gasteiger partial charge is 0.263 e. The predicted molar refractivity (Wildman–Crippen MR) is 113 cm³/mol. The zero-order chi connectivity index (χ0) is 21.2. The van der Waals surface area contributed by atoms with Crippen molar-refractivity contribution >= 4 is 50.5 Å². The molecular formula is C20H15Cl2FN2O3S. The van der Waals surface area contributed by atoms with Gasteiger partial charge in [0.1, 0.15) is 10.7 Å². The van der Waals surface area contributed by atoms with E-state index in [9.17, 15) is 17.6 Å². The monoisotopic (exact) mass is 452 g/mol. The van der Waals surface area contributed by atoms with E-state index < -0.39 is 21.7 Å². The molecule has 3 aromatic carbocycles. The first-order valence-corrected chi connectivity index (χ1v) is 10.6. The second-order valence-corrected chi connectivity index (χ2v) is 8.61. The normalized spacial score (nSPS) is 11.2. The number of para-hydroxylation sites is 1. The second kappa shape index (κ2) is 8.41. The Morgan fingerprint density at radius 3 is 2.38 bits per heavy atom. The van der Waals surface area contributed by atoms with E-state index in [1.807, 2.05) is 0 Å². The number of nitrogens with one attached hydrogen (secondary N) is 2. The minimum Gasteiger partial charge on any atom is -0.322 e. The third-order valence-electron chi connectivity index (χ3n) is 4.05. The zero-order valence-electron chi connectivity index (χ0n) is 15.0. The van der Waals surface area contributed by atoms with Gasteiger partial charge < -0.3 is 5.32 Å². The molecule has 2 N–H and O–H groups in total. The van der Waals surface area contributed by atoms with Crippen molar-refractivity contribution in [1.82, 2.24) is 0 Å². The van der Waals surface area contributed by atoms with Crippen LogP contribution in [0.1, 0.15) is 15.9 Å². The van der Waals surface area contributed by atoms with E-state index in [-0.39, 0.29) is 26.2 Å². The molecule has 5 nitrogen and oxygen atoms in total. The van der Waals surface area contributed by atoms with E-state index in [4.69, 9.17) is 23.2 Å². The molecule has 0 aliphatic heterocycles. The molecule has 150 valence electrons. The van der Waals surface area contributed by atoms with E-state index in [1.165, 1.54) is 30.3 Å². The summed E-state index contributed by atoms with van der Waals surface area (Å²) in [4.78, 5) is 12.3. The van der Waals surface area contributed by atoms with Crippen LogP contribution in [0.4, 0.5) is 15.8 Å². The van der Waals surface area contributed by atoms with Crippen LogP contribution in [0.2, 0.25) is 10.0 Å². The van der Waals surface area contributed by atoms with Gasteiger partial charge in [0.25, 0.3) is 15.9 Å². The van der Waals surface area contributed by atoms with Gasteiger partial charge in [-0.25, -0.2) is 12.8 Å². The van der Waals surface area contributed by atoms with E-state index in [0.717, 1.165) is 11.6 Å². The molecule has 0 aliphatic carbocycles. The summed E-state index contributed by atoms with van der Waals surface area (Å²) in [5, 5.41) is 2.35. The Bertz CT molecular complexity index is 1200. The van der Waals surface area contributed by atoms with Crippen molar-refractivity contribution in [2.24, 2.45) is 0 Å². The van der Waals surface area contributed by atoms with Gasteiger partial charge in [-0.15, -0.1) is 0 Å². The molecule has 0 aromatic heterocycles. The molecule has 0 aliphatic rings. The fourth-order valence-electron chi connectivity index (χ4n) is 2.51. The number of aryl methyl sites for hydroxylation is 1. The largest absolute Gasteiger partial charge is 0.322 e. The molecule has 3 rings (SSSR count). The van der Waals surface area contributed by atoms with Gasteiger partial charge in [0.05, 0.1) is 15.7 Å². The number of carbonyl (C=O) groups excluding carboxylic acids is 1. The summed E-state index contributed by atoms with van der Waals surface area (Å²) in [7, 11) is -4.04. The summed E-state index contributed by atoms with van der Waals surface area (Å²) < 4.78 is 41.3. The minimum absolute atomic E-state index is 0.0348. The lowest BCUT2D eigenvalue weighted by Gasteiger charge is -2.13. The van der Waals surface area contributed by atoms with Crippen LogP contribution in [-0.4, -0.2) is 14.3 Å². The highest BCUT2D eigenvalue weighted by atomic mass is 35.5. The standard InChI is InChI=1S/C20H15Cl2FN2O3S/c1-12-4-2-3-5-18(12)25-29(27,28)19-10-13(6-8-15(19)21)20(26)24-14-7-9-17(23)16(22)11-14/h2-11,25H,1H3,(H,24,26). The van der Waals surface area contributed by atoms with Crippen molar-refractivity contribution in [3.8, 4) is 0 Å². The highest BCUT2D eigenvalue weighted by Crippen LogP contribution is 2.27. The molecule has 0 unspecified atom stereocenters. The van der Waals surface area contributed by atoms with E-state index >= 15 is 0 Å². The number of anilines is 2. The first-order valence-electron chi connectivity index (χ1n) is 8.32. The second-order valence-electron chi connectivity index (χ2n) is 6.15. The third kappa shape index (κ3) is 4.87. The van der Waals surface area contributed by atoms with Crippen LogP contribution < -0.4 is 10.0 Å². The number of benzene rings is 3. The summed E-state index contributed by atoms with van der Waals surface area (Å²) in [5.74, 6) is -1.22. The number of halogens is 3. The van der Waals surface area contributed by atoms with Gasteiger partial charge in [0.15, 0.2) is 0 Å². The maximum atomic E-state index is 13.3. The SMILES string of the molecule is Cc1ccccc1NS(=O)(=O)c1cc(C(=O)Nc2ccc(F)c(Cl)c2)ccc1Cl. The molecule has 3 aromatic rings. The molecule has 0 bridgehead atoms. The van der Waals surface area contributed by atoms with Crippen LogP contribution in [0.5, 0.6) is 0 Å². The summed E-state index contributed by atoms with van der Waals surface area (Å²) >= 11 is 11.8. The van der Waals surface area contributed by atoms with Gasteiger partial charge in [-0.2, -0.15) is 0 Å². The lowest BCUT2D eigenvalue weighted by atomic mass is 10.2. The fraction of sp³-hybridized carbons (Fsp3) is 0.0500. The van der Waals surface area contributed by atoms with Crippen molar-refractivity contribution in [3.63, 3.8) is 0 Å². The van der Waals surface area contributed by atoms with Gasteiger partial charge in [-0.05, 0) is 55.0 Å². The molecule has 0 saturated heterocycles. The van der Waals surface area contributed by atoms with Crippen molar-refractivity contribution < 1.29 is 17.6 Å². The number of amides is 1. The lowest BCUT2D eigenvalue weighted by molar-refractivity contribution is 0.102. The topological polar surface area (TPSA) is 75.3 Å². The van der Waals surface area contributed by atoms with Gasteiger partial charge in [0.2, 0.25) is 0 Å².